The molecule has 8 nitrogen and oxygen atoms in total. The van der Waals surface area contributed by atoms with E-state index >= 15 is 0 Å². The second-order valence-corrected chi connectivity index (χ2v) is 4.61. The van der Waals surface area contributed by atoms with Gasteiger partial charge >= 0.3 is 16.5 Å². The van der Waals surface area contributed by atoms with Crippen LogP contribution in [0.2, 0.25) is 0 Å². The summed E-state index contributed by atoms with van der Waals surface area (Å²) in [6.07, 6.45) is 1.54. The highest BCUT2D eigenvalue weighted by atomic mass is 31.1. The molecule has 0 bridgehead atoms. The molecule has 10 heteroatoms. The molecule has 0 aromatic rings. The van der Waals surface area contributed by atoms with Crippen molar-refractivity contribution in [2.45, 2.75) is 12.8 Å². The lowest BCUT2D eigenvalue weighted by molar-refractivity contribution is 0.0495. The third-order valence-corrected chi connectivity index (χ3v) is 2.42. The fourth-order valence-electron chi connectivity index (χ4n) is 0.939. The first-order valence-corrected chi connectivity index (χ1v) is 7.23. The van der Waals surface area contributed by atoms with Crippen molar-refractivity contribution >= 4 is 16.5 Å². The molecule has 2 unspecified atom stereocenters. The Balaban J connectivity index is 3.84. The molecule has 4 N–H and O–H groups in total. The molecule has 0 rings (SSSR count). The maximum atomic E-state index is 10.3. The Kier molecular flexibility index (Phi) is 10.5. The van der Waals surface area contributed by atoms with Gasteiger partial charge in [-0.25, -0.2) is 0 Å². The predicted molar refractivity (Wildman–Crippen MR) is 59.3 cm³/mol. The van der Waals surface area contributed by atoms with Gasteiger partial charge in [-0.15, -0.1) is 0 Å². The van der Waals surface area contributed by atoms with Crippen LogP contribution in [0.15, 0.2) is 0 Å². The molecule has 0 fully saturated rings. The zero-order valence-corrected chi connectivity index (χ0v) is 10.8. The highest BCUT2D eigenvalue weighted by Gasteiger charge is 2.07. The number of nitrogens with zero attached hydrogens (tertiary/aromatic N) is 1. The molecule has 16 heavy (non-hydrogen) atoms. The average molecular weight is 276 g/mol. The summed E-state index contributed by atoms with van der Waals surface area (Å²) in [7, 11) is -6.00. The summed E-state index contributed by atoms with van der Waals surface area (Å²) >= 11 is 0. The van der Waals surface area contributed by atoms with Crippen LogP contribution in [0.1, 0.15) is 12.8 Å². The van der Waals surface area contributed by atoms with Crippen LogP contribution in [-0.2, 0) is 18.2 Å². The van der Waals surface area contributed by atoms with Gasteiger partial charge in [0, 0.05) is 6.54 Å². The number of rotatable bonds is 10. The average Bonchev–Trinajstić information content (AvgIpc) is 2.21. The van der Waals surface area contributed by atoms with Gasteiger partial charge in [-0.1, -0.05) is 0 Å². The van der Waals surface area contributed by atoms with E-state index in [0.29, 0.717) is 13.1 Å². The number of nitrogens with two attached hydrogens (primary N) is 1. The third kappa shape index (κ3) is 10.7. The zero-order valence-electron chi connectivity index (χ0n) is 8.79. The Morgan fingerprint density at radius 3 is 1.94 bits per heavy atom. The monoisotopic (exact) mass is 276 g/mol. The SMILES string of the molecule is NCCCCN(CO[PH](=O)O)CO[PH](=O)O. The molecular weight excluding hydrogens is 258 g/mol. The van der Waals surface area contributed by atoms with Gasteiger partial charge in [0.25, 0.3) is 0 Å². The Morgan fingerprint density at radius 2 is 1.56 bits per heavy atom. The predicted octanol–water partition coefficient (Wildman–Crippen LogP) is -0.260. The van der Waals surface area contributed by atoms with Gasteiger partial charge in [-0.3, -0.25) is 23.1 Å². The fraction of sp³-hybridized carbons (Fsp3) is 1.00. The highest BCUT2D eigenvalue weighted by Crippen LogP contribution is 2.18. The quantitative estimate of drug-likeness (QED) is 0.283. The lowest BCUT2D eigenvalue weighted by Gasteiger charge is -2.20. The van der Waals surface area contributed by atoms with E-state index in [9.17, 15) is 9.13 Å². The van der Waals surface area contributed by atoms with E-state index in [1.165, 1.54) is 4.90 Å². The van der Waals surface area contributed by atoms with Crippen LogP contribution in [0, 0.1) is 0 Å². The summed E-state index contributed by atoms with van der Waals surface area (Å²) < 4.78 is 29.7. The maximum Gasteiger partial charge on any atom is 0.317 e. The molecule has 2 atom stereocenters. The molecule has 0 aromatic heterocycles. The Hall–Kier alpha value is 0.220. The topological polar surface area (TPSA) is 122 Å². The van der Waals surface area contributed by atoms with Gasteiger partial charge in [-0.2, -0.15) is 0 Å². The Bertz CT molecular complexity index is 211. The smallest absolute Gasteiger partial charge is 0.317 e. The molecule has 0 saturated heterocycles. The summed E-state index contributed by atoms with van der Waals surface area (Å²) in [4.78, 5) is 18.5. The van der Waals surface area contributed by atoms with E-state index in [1.54, 1.807) is 0 Å². The first-order chi connectivity index (χ1) is 7.56. The lowest BCUT2D eigenvalue weighted by atomic mass is 10.3. The van der Waals surface area contributed by atoms with Gasteiger partial charge in [0.1, 0.15) is 13.5 Å². The molecule has 0 spiro atoms. The second kappa shape index (κ2) is 10.4. The van der Waals surface area contributed by atoms with Gasteiger partial charge in [0.05, 0.1) is 0 Å². The largest absolute Gasteiger partial charge is 0.330 e. The molecule has 0 radical (unpaired) electrons. The first kappa shape index (κ1) is 16.2. The first-order valence-electron chi connectivity index (χ1n) is 4.70. The Morgan fingerprint density at radius 1 is 1.06 bits per heavy atom. The van der Waals surface area contributed by atoms with Gasteiger partial charge in [0.15, 0.2) is 0 Å². The minimum absolute atomic E-state index is 0.117. The standard InChI is InChI=1S/C6H18N2O6P2/c7-3-1-2-4-8(5-13-15(9)10)6-14-16(11)12/h15-16H,1-7H2,(H,9,10)(H,11,12). The molecule has 98 valence electrons. The van der Waals surface area contributed by atoms with Gasteiger partial charge < -0.3 is 15.5 Å². The van der Waals surface area contributed by atoms with Gasteiger partial charge in [-0.05, 0) is 19.4 Å². The number of unbranched alkanes of at least 4 members (excludes halogenated alkanes) is 1. The van der Waals surface area contributed by atoms with Crippen LogP contribution in [0.25, 0.3) is 0 Å². The van der Waals surface area contributed by atoms with Crippen molar-refractivity contribution in [1.29, 1.82) is 0 Å². The van der Waals surface area contributed by atoms with E-state index in [2.05, 4.69) is 9.05 Å². The normalized spacial score (nSPS) is 15.2. The van der Waals surface area contributed by atoms with E-state index in [4.69, 9.17) is 15.5 Å². The highest BCUT2D eigenvalue weighted by molar-refractivity contribution is 7.32. The van der Waals surface area contributed by atoms with Crippen LogP contribution < -0.4 is 5.73 Å². The van der Waals surface area contributed by atoms with Crippen LogP contribution >= 0.6 is 16.5 Å². The van der Waals surface area contributed by atoms with Crippen molar-refractivity contribution in [2.75, 3.05) is 26.6 Å². The maximum absolute atomic E-state index is 10.3. The molecule has 0 aliphatic carbocycles. The molecule has 0 amide bonds. The zero-order chi connectivity index (χ0) is 12.4. The molecule has 0 saturated carbocycles. The van der Waals surface area contributed by atoms with E-state index in [1.807, 2.05) is 0 Å². The molecule has 0 heterocycles. The molecular formula is C6H18N2O6P2. The Labute approximate surface area is 95.2 Å². The van der Waals surface area contributed by atoms with Gasteiger partial charge in [0.2, 0.25) is 0 Å². The second-order valence-electron chi connectivity index (χ2n) is 2.97. The van der Waals surface area contributed by atoms with Crippen LogP contribution in [0.4, 0.5) is 0 Å². The molecule has 0 aliphatic heterocycles. The summed E-state index contributed by atoms with van der Waals surface area (Å²) in [5.41, 5.74) is 5.31. The van der Waals surface area contributed by atoms with Crippen molar-refractivity contribution in [3.05, 3.63) is 0 Å². The summed E-state index contributed by atoms with van der Waals surface area (Å²) in [6, 6.07) is 0. The van der Waals surface area contributed by atoms with Crippen LogP contribution in [0.5, 0.6) is 0 Å². The van der Waals surface area contributed by atoms with Crippen LogP contribution in [0.3, 0.4) is 0 Å². The minimum atomic E-state index is -3.00. The van der Waals surface area contributed by atoms with Crippen molar-refractivity contribution < 1.29 is 28.0 Å². The third-order valence-electron chi connectivity index (χ3n) is 1.67. The fourth-order valence-corrected chi connectivity index (χ4v) is 1.53. The summed E-state index contributed by atoms with van der Waals surface area (Å²) in [6.45, 7) is 0.826. The van der Waals surface area contributed by atoms with E-state index in [-0.39, 0.29) is 13.5 Å². The van der Waals surface area contributed by atoms with E-state index in [0.717, 1.165) is 12.8 Å². The molecule has 0 aliphatic rings. The molecule has 0 aromatic carbocycles. The van der Waals surface area contributed by atoms with E-state index < -0.39 is 16.5 Å². The van der Waals surface area contributed by atoms with Crippen LogP contribution in [-0.4, -0.2) is 41.2 Å². The van der Waals surface area contributed by atoms with Crippen molar-refractivity contribution in [3.63, 3.8) is 0 Å². The summed E-state index contributed by atoms with van der Waals surface area (Å²) in [5.74, 6) is 0. The minimum Gasteiger partial charge on any atom is -0.330 e. The van der Waals surface area contributed by atoms with Crippen molar-refractivity contribution in [1.82, 2.24) is 4.90 Å². The summed E-state index contributed by atoms with van der Waals surface area (Å²) in [5, 5.41) is 0. The van der Waals surface area contributed by atoms with Crippen molar-refractivity contribution in [2.24, 2.45) is 5.73 Å². The number of hydrogen-bond donors (Lipinski definition) is 3. The lowest BCUT2D eigenvalue weighted by Crippen LogP contribution is -2.28. The number of hydrogen-bond acceptors (Lipinski definition) is 6. The van der Waals surface area contributed by atoms with Crippen molar-refractivity contribution in [3.8, 4) is 0 Å².